The second kappa shape index (κ2) is 7.97. The van der Waals surface area contributed by atoms with Gasteiger partial charge in [-0.3, -0.25) is 9.79 Å². The molecule has 0 saturated heterocycles. The van der Waals surface area contributed by atoms with Crippen LogP contribution in [0.2, 0.25) is 0 Å². The molecular weight excluding hydrogens is 374 g/mol. The third-order valence-corrected chi connectivity index (χ3v) is 4.57. The SMILES string of the molecule is CC(C)(C)C#CC=CCC(C(=O)c1ccc(Br)cc1)C1(C)C=CC=N1. The summed E-state index contributed by atoms with van der Waals surface area (Å²) in [5.41, 5.74) is 0.173. The van der Waals surface area contributed by atoms with Gasteiger partial charge in [-0.25, -0.2) is 0 Å². The summed E-state index contributed by atoms with van der Waals surface area (Å²) in [5, 5.41) is 0. The summed E-state index contributed by atoms with van der Waals surface area (Å²) in [6.45, 7) is 8.23. The predicted octanol–water partition coefficient (Wildman–Crippen LogP) is 5.64. The summed E-state index contributed by atoms with van der Waals surface area (Å²) in [6.07, 6.45) is 10.1. The zero-order valence-corrected chi connectivity index (χ0v) is 16.8. The van der Waals surface area contributed by atoms with Gasteiger partial charge in [-0.1, -0.05) is 52.1 Å². The lowest BCUT2D eigenvalue weighted by atomic mass is 9.79. The highest BCUT2D eigenvalue weighted by Crippen LogP contribution is 2.32. The number of nitrogens with zero attached hydrogens (tertiary/aromatic N) is 1. The fraction of sp³-hybridized carbons (Fsp3) is 0.364. The fourth-order valence-corrected chi connectivity index (χ4v) is 2.90. The van der Waals surface area contributed by atoms with E-state index >= 15 is 0 Å². The highest BCUT2D eigenvalue weighted by Gasteiger charge is 2.37. The summed E-state index contributed by atoms with van der Waals surface area (Å²) in [5.74, 6) is 6.09. The van der Waals surface area contributed by atoms with Gasteiger partial charge in [-0.05, 0) is 58.4 Å². The minimum atomic E-state index is -0.508. The third-order valence-electron chi connectivity index (χ3n) is 4.04. The number of carbonyl (C=O) groups is 1. The Morgan fingerprint density at radius 3 is 2.56 bits per heavy atom. The van der Waals surface area contributed by atoms with Gasteiger partial charge in [0.1, 0.15) is 0 Å². The monoisotopic (exact) mass is 397 g/mol. The number of rotatable bonds is 5. The van der Waals surface area contributed by atoms with Crippen molar-refractivity contribution in [2.75, 3.05) is 0 Å². The zero-order chi connectivity index (χ0) is 18.5. The molecule has 0 bridgehead atoms. The Kier molecular flexibility index (Phi) is 6.19. The molecule has 3 heteroatoms. The van der Waals surface area contributed by atoms with Crippen LogP contribution < -0.4 is 0 Å². The predicted molar refractivity (Wildman–Crippen MR) is 109 cm³/mol. The van der Waals surface area contributed by atoms with Gasteiger partial charge in [-0.15, -0.1) is 0 Å². The number of hydrogen-bond donors (Lipinski definition) is 0. The van der Waals surface area contributed by atoms with Crippen molar-refractivity contribution in [2.24, 2.45) is 16.3 Å². The lowest BCUT2D eigenvalue weighted by molar-refractivity contribution is 0.0884. The van der Waals surface area contributed by atoms with Crippen molar-refractivity contribution < 1.29 is 4.79 Å². The van der Waals surface area contributed by atoms with Gasteiger partial charge >= 0.3 is 0 Å². The number of carbonyl (C=O) groups excluding carboxylic acids is 1. The van der Waals surface area contributed by atoms with Gasteiger partial charge < -0.3 is 0 Å². The Morgan fingerprint density at radius 1 is 1.32 bits per heavy atom. The molecule has 0 amide bonds. The molecule has 130 valence electrons. The van der Waals surface area contributed by atoms with Crippen molar-refractivity contribution in [1.29, 1.82) is 0 Å². The Hall–Kier alpha value is -1.92. The van der Waals surface area contributed by atoms with E-state index in [0.717, 1.165) is 4.47 Å². The first kappa shape index (κ1) is 19.4. The zero-order valence-electron chi connectivity index (χ0n) is 15.2. The molecule has 0 fully saturated rings. The molecule has 0 aliphatic carbocycles. The van der Waals surface area contributed by atoms with Gasteiger partial charge in [0.2, 0.25) is 0 Å². The number of aliphatic imine (C=N–C) groups is 1. The van der Waals surface area contributed by atoms with Crippen molar-refractivity contribution in [3.63, 3.8) is 0 Å². The fourth-order valence-electron chi connectivity index (χ4n) is 2.64. The first-order chi connectivity index (χ1) is 11.7. The molecule has 25 heavy (non-hydrogen) atoms. The quantitative estimate of drug-likeness (QED) is 0.466. The van der Waals surface area contributed by atoms with Gasteiger partial charge in [0.05, 0.1) is 11.5 Å². The van der Waals surface area contributed by atoms with Crippen LogP contribution in [0.5, 0.6) is 0 Å². The second-order valence-corrected chi connectivity index (χ2v) is 8.36. The van der Waals surface area contributed by atoms with E-state index in [0.29, 0.717) is 12.0 Å². The van der Waals surface area contributed by atoms with Crippen LogP contribution in [-0.4, -0.2) is 17.5 Å². The summed E-state index contributed by atoms with van der Waals surface area (Å²) >= 11 is 3.41. The molecule has 1 aliphatic heterocycles. The first-order valence-electron chi connectivity index (χ1n) is 8.42. The van der Waals surface area contributed by atoms with Gasteiger partial charge in [0.25, 0.3) is 0 Å². The molecule has 0 spiro atoms. The number of allylic oxidation sites excluding steroid dienone is 3. The van der Waals surface area contributed by atoms with Crippen LogP contribution in [0, 0.1) is 23.2 Å². The lowest BCUT2D eigenvalue weighted by Gasteiger charge is -2.28. The summed E-state index contributed by atoms with van der Waals surface area (Å²) in [6, 6.07) is 7.50. The van der Waals surface area contributed by atoms with Gasteiger partial charge in [-0.2, -0.15) is 0 Å². The van der Waals surface area contributed by atoms with Gasteiger partial charge in [0, 0.05) is 21.7 Å². The van der Waals surface area contributed by atoms with E-state index in [2.05, 4.69) is 53.5 Å². The summed E-state index contributed by atoms with van der Waals surface area (Å²) in [4.78, 5) is 17.6. The molecule has 0 radical (unpaired) electrons. The summed E-state index contributed by atoms with van der Waals surface area (Å²) in [7, 11) is 0. The normalized spacial score (nSPS) is 20.5. The third kappa shape index (κ3) is 5.54. The highest BCUT2D eigenvalue weighted by molar-refractivity contribution is 9.10. The molecular formula is C22H24BrNO. The van der Waals surface area contributed by atoms with E-state index in [9.17, 15) is 4.79 Å². The average molecular weight is 398 g/mol. The van der Waals surface area contributed by atoms with E-state index in [4.69, 9.17) is 0 Å². The molecule has 2 atom stereocenters. The Morgan fingerprint density at radius 2 is 2.00 bits per heavy atom. The van der Waals surface area contributed by atoms with Crippen LogP contribution in [0.1, 0.15) is 44.5 Å². The Labute approximate surface area is 159 Å². The maximum Gasteiger partial charge on any atom is 0.169 e. The van der Waals surface area contributed by atoms with E-state index in [1.807, 2.05) is 55.5 Å². The molecule has 1 heterocycles. The maximum absolute atomic E-state index is 13.1. The van der Waals surface area contributed by atoms with Crippen LogP contribution in [0.25, 0.3) is 0 Å². The number of Topliss-reactive ketones (excluding diaryl/α,β-unsaturated/α-hetero) is 1. The lowest BCUT2D eigenvalue weighted by Crippen LogP contribution is -2.35. The molecule has 1 aromatic carbocycles. The van der Waals surface area contributed by atoms with Crippen molar-refractivity contribution >= 4 is 27.9 Å². The number of hydrogen-bond acceptors (Lipinski definition) is 2. The smallest absolute Gasteiger partial charge is 0.169 e. The first-order valence-corrected chi connectivity index (χ1v) is 9.21. The summed E-state index contributed by atoms with van der Waals surface area (Å²) < 4.78 is 0.961. The molecule has 0 saturated carbocycles. The average Bonchev–Trinajstić information content (AvgIpc) is 2.97. The van der Waals surface area contributed by atoms with Crippen LogP contribution in [0.15, 0.2) is 58.0 Å². The van der Waals surface area contributed by atoms with Crippen molar-refractivity contribution in [3.8, 4) is 11.8 Å². The van der Waals surface area contributed by atoms with E-state index in [-0.39, 0.29) is 17.1 Å². The second-order valence-electron chi connectivity index (χ2n) is 7.44. The topological polar surface area (TPSA) is 29.4 Å². The van der Waals surface area contributed by atoms with Crippen LogP contribution in [0.3, 0.4) is 0 Å². The molecule has 2 unspecified atom stereocenters. The van der Waals surface area contributed by atoms with Crippen LogP contribution in [-0.2, 0) is 0 Å². The Bertz CT molecular complexity index is 755. The molecule has 0 N–H and O–H groups in total. The molecule has 0 aromatic heterocycles. The highest BCUT2D eigenvalue weighted by atomic mass is 79.9. The van der Waals surface area contributed by atoms with Crippen molar-refractivity contribution in [3.05, 3.63) is 58.6 Å². The maximum atomic E-state index is 13.1. The number of ketones is 1. The van der Waals surface area contributed by atoms with E-state index < -0.39 is 5.54 Å². The number of halogens is 1. The Balaban J connectivity index is 2.22. The molecule has 1 aromatic rings. The van der Waals surface area contributed by atoms with Crippen molar-refractivity contribution in [1.82, 2.24) is 0 Å². The number of benzene rings is 1. The van der Waals surface area contributed by atoms with Gasteiger partial charge in [0.15, 0.2) is 5.78 Å². The van der Waals surface area contributed by atoms with Crippen LogP contribution in [0.4, 0.5) is 0 Å². The molecule has 1 aliphatic rings. The van der Waals surface area contributed by atoms with Crippen LogP contribution >= 0.6 is 15.9 Å². The molecule has 2 rings (SSSR count). The minimum absolute atomic E-state index is 0.0263. The van der Waals surface area contributed by atoms with E-state index in [1.165, 1.54) is 0 Å². The molecule has 2 nitrogen and oxygen atoms in total. The van der Waals surface area contributed by atoms with E-state index in [1.54, 1.807) is 6.21 Å². The minimum Gasteiger partial charge on any atom is -0.294 e. The largest absolute Gasteiger partial charge is 0.294 e. The van der Waals surface area contributed by atoms with Crippen molar-refractivity contribution in [2.45, 2.75) is 39.7 Å². The standard InChI is InChI=1S/C22H24BrNO/c1-21(2,3)14-7-5-6-9-19(22(4)15-8-16-24-22)20(25)17-10-12-18(23)13-11-17/h5-6,8,10-13,15-16,19H,9H2,1-4H3.